The van der Waals surface area contributed by atoms with Crippen molar-refractivity contribution in [2.75, 3.05) is 66.6 Å². The smallest absolute Gasteiger partial charge is 0.407 e. The number of carbonyl (C=O) groups is 6. The summed E-state index contributed by atoms with van der Waals surface area (Å²) in [5.41, 5.74) is 10.6. The van der Waals surface area contributed by atoms with Crippen molar-refractivity contribution in [1.29, 1.82) is 0 Å². The van der Waals surface area contributed by atoms with Gasteiger partial charge in [-0.1, -0.05) is 134 Å². The van der Waals surface area contributed by atoms with Crippen LogP contribution < -0.4 is 16.0 Å². The maximum absolute atomic E-state index is 12.9. The number of nitrogens with zero attached hydrogens (tertiary/aromatic N) is 6. The van der Waals surface area contributed by atoms with Crippen molar-refractivity contribution in [1.82, 2.24) is 60.6 Å². The van der Waals surface area contributed by atoms with Gasteiger partial charge in [0.2, 0.25) is 23.6 Å². The normalized spacial score (nSPS) is 13.8. The summed E-state index contributed by atoms with van der Waals surface area (Å²) in [6.07, 6.45) is 17.5. The van der Waals surface area contributed by atoms with Gasteiger partial charge in [-0.25, -0.2) is 24.5 Å². The monoisotopic (exact) mass is 1240 g/mol. The van der Waals surface area contributed by atoms with Gasteiger partial charge in [-0.2, -0.15) is 0 Å². The number of amides is 6. The third-order valence-corrected chi connectivity index (χ3v) is 16.3. The maximum Gasteiger partial charge on any atom is 0.407 e. The van der Waals surface area contributed by atoms with E-state index < -0.39 is 12.2 Å². The molecule has 22 heteroatoms. The number of carbonyl (C=O) groups excluding carboxylic acids is 6. The molecule has 0 unspecified atom stereocenters. The fourth-order valence-electron chi connectivity index (χ4n) is 9.65. The second-order valence-corrected chi connectivity index (χ2v) is 23.2. The molecule has 6 amide bonds. The number of nitrogens with one attached hydrogen (secondary N) is 6. The van der Waals surface area contributed by atoms with Crippen molar-refractivity contribution < 1.29 is 38.2 Å². The molecule has 5 aromatic heterocycles. The number of H-pyrrole nitrogens is 3. The average Bonchev–Trinajstić information content (AvgIpc) is 2.13. The molecule has 0 spiro atoms. The van der Waals surface area contributed by atoms with E-state index in [0.29, 0.717) is 6.54 Å². The Bertz CT molecular complexity index is 3400. The van der Waals surface area contributed by atoms with Crippen molar-refractivity contribution >= 4 is 67.9 Å². The first-order valence-corrected chi connectivity index (χ1v) is 32.0. The van der Waals surface area contributed by atoms with Gasteiger partial charge >= 0.3 is 12.2 Å². The summed E-state index contributed by atoms with van der Waals surface area (Å²) in [5.74, 6) is 0.414. The lowest BCUT2D eigenvalue weighted by Gasteiger charge is -2.23. The van der Waals surface area contributed by atoms with E-state index in [0.717, 1.165) is 115 Å². The van der Waals surface area contributed by atoms with Gasteiger partial charge in [0.1, 0.15) is 18.9 Å². The van der Waals surface area contributed by atoms with E-state index in [1.165, 1.54) is 70.7 Å². The van der Waals surface area contributed by atoms with Crippen LogP contribution >= 0.6 is 22.7 Å². The molecule has 11 rings (SSSR count). The van der Waals surface area contributed by atoms with Crippen LogP contribution in [0.2, 0.25) is 0 Å². The maximum atomic E-state index is 12.9. The molecule has 0 radical (unpaired) electrons. The van der Waals surface area contributed by atoms with Crippen LogP contribution in [0.15, 0.2) is 110 Å². The molecule has 3 fully saturated rings. The molecule has 0 aliphatic carbocycles. The topological polar surface area (TPSA) is 253 Å². The van der Waals surface area contributed by atoms with E-state index in [1.807, 2.05) is 41.3 Å². The summed E-state index contributed by atoms with van der Waals surface area (Å²) >= 11 is 3.63. The summed E-state index contributed by atoms with van der Waals surface area (Å²) in [5, 5.41) is 7.34. The highest BCUT2D eigenvalue weighted by Crippen LogP contribution is 2.50. The third-order valence-electron chi connectivity index (χ3n) is 13.8. The van der Waals surface area contributed by atoms with E-state index >= 15 is 0 Å². The largest absolute Gasteiger partial charge is 0.453 e. The number of aromatic nitrogens is 6. The Morgan fingerprint density at radius 2 is 1.09 bits per heavy atom. The molecule has 88 heavy (non-hydrogen) atoms. The molecule has 1 atom stereocenters. The number of aromatic amines is 3. The van der Waals surface area contributed by atoms with Crippen LogP contribution in [0.4, 0.5) is 9.59 Å². The lowest BCUT2D eigenvalue weighted by atomic mass is 9.99. The predicted molar refractivity (Wildman–Crippen MR) is 351 cm³/mol. The fraction of sp³-hybridized carbons (Fsp3) is 0.409. The molecule has 20 nitrogen and oxygen atoms in total. The first kappa shape index (κ1) is 68.5. The number of ether oxygens (including phenoxy) is 2. The highest BCUT2D eigenvalue weighted by atomic mass is 32.1. The first-order chi connectivity index (χ1) is 42.7. The summed E-state index contributed by atoms with van der Waals surface area (Å²) in [6.45, 7) is 18.1. The number of thiophene rings is 2. The van der Waals surface area contributed by atoms with E-state index in [-0.39, 0.29) is 49.3 Å². The number of hydrogen-bond donors (Lipinski definition) is 6. The molecule has 3 saturated heterocycles. The summed E-state index contributed by atoms with van der Waals surface area (Å²) < 4.78 is 11.5. The van der Waals surface area contributed by atoms with Crippen LogP contribution in [0.5, 0.6) is 0 Å². The van der Waals surface area contributed by atoms with Gasteiger partial charge in [-0.05, 0) is 72.4 Å². The van der Waals surface area contributed by atoms with Crippen LogP contribution in [0.3, 0.4) is 0 Å². The van der Waals surface area contributed by atoms with Crippen LogP contribution in [-0.2, 0) is 28.7 Å². The van der Waals surface area contributed by atoms with Crippen molar-refractivity contribution in [3.63, 3.8) is 0 Å². The molecule has 8 aromatic rings. The zero-order chi connectivity index (χ0) is 63.4. The van der Waals surface area contributed by atoms with Gasteiger partial charge in [0.15, 0.2) is 0 Å². The number of likely N-dealkylation sites (tertiary alicyclic amines) is 3. The fourth-order valence-corrected chi connectivity index (χ4v) is 12.3. The SMILES string of the molecule is CC(=O)NCC(=O)N1CCCC1.CCC.CCC.CCC.COC(=O)NCC(=O)N1CCCC1.COC(=O)NCC(=O)N1CCC[C@H]1c1ncc(-c2ccc(-c3c(-c4ccc(-c5c[nH]cn5)cc4)sc4cc(-c5ccc(-c6cnc[nH]6)cc5)sc34)cc2)[nH]1. The van der Waals surface area contributed by atoms with Crippen molar-refractivity contribution in [3.8, 4) is 65.8 Å². The minimum Gasteiger partial charge on any atom is -0.453 e. The number of alkyl carbamates (subject to hydrolysis) is 2. The van der Waals surface area contributed by atoms with Gasteiger partial charge in [0, 0.05) is 71.4 Å². The minimum atomic E-state index is -0.628. The standard InChI is InChI=1S/C41H34N8O3S2.C8H14N2O3.C8H14N2O2.3C3H8/c1-52-41(51)45-21-36(50)49-16-2-3-33(49)40-44-20-32(48-40)26-6-12-28(13-7-26)37-38(29-14-8-25(9-15-29)31-19-43-23-47-31)54-35-17-34(53-39(35)37)27-10-4-24(5-11-27)30-18-42-22-46-30;1-13-8(12)9-6-7(11)10-4-2-3-5-10;1-7(11)9-6-8(12)10-4-2-3-5-10;3*1-3-2/h4-15,17-20,22-23,33H,2-3,16,21H2,1H3,(H,42,46)(H,43,47)(H,44,48)(H,45,51);2-6H2,1H3,(H,9,12);2-6H2,1H3,(H,9,11);3*3H2,1-2H3/t33-;;;;;/m0...../s1. The molecule has 3 aromatic carbocycles. The van der Waals surface area contributed by atoms with Crippen LogP contribution in [0, 0.1) is 0 Å². The Labute approximate surface area is 524 Å². The zero-order valence-electron chi connectivity index (χ0n) is 52.3. The summed E-state index contributed by atoms with van der Waals surface area (Å²) in [7, 11) is 2.55. The van der Waals surface area contributed by atoms with E-state index in [9.17, 15) is 28.8 Å². The predicted octanol–water partition coefficient (Wildman–Crippen LogP) is 13.1. The van der Waals surface area contributed by atoms with Gasteiger partial charge in [-0.15, -0.1) is 22.7 Å². The Morgan fingerprint density at radius 1 is 0.580 bits per heavy atom. The first-order valence-electron chi connectivity index (χ1n) is 30.3. The molecule has 3 aliphatic rings. The second-order valence-electron chi connectivity index (χ2n) is 21.1. The van der Waals surface area contributed by atoms with Crippen molar-refractivity contribution in [2.45, 2.75) is 112 Å². The molecule has 0 saturated carbocycles. The Morgan fingerprint density at radius 3 is 1.61 bits per heavy atom. The summed E-state index contributed by atoms with van der Waals surface area (Å²) in [4.78, 5) is 98.9. The van der Waals surface area contributed by atoms with Crippen molar-refractivity contribution in [2.24, 2.45) is 0 Å². The molecule has 8 heterocycles. The van der Waals surface area contributed by atoms with Gasteiger partial charge in [-0.3, -0.25) is 19.2 Å². The van der Waals surface area contributed by atoms with Gasteiger partial charge in [0.25, 0.3) is 0 Å². The van der Waals surface area contributed by atoms with Crippen molar-refractivity contribution in [3.05, 3.63) is 116 Å². The molecule has 6 N–H and O–H groups in total. The lowest BCUT2D eigenvalue weighted by Crippen LogP contribution is -2.40. The summed E-state index contributed by atoms with van der Waals surface area (Å²) in [6, 6.07) is 28.0. The third kappa shape index (κ3) is 19.7. The quantitative estimate of drug-likeness (QED) is 0.0633. The van der Waals surface area contributed by atoms with Crippen LogP contribution in [-0.4, -0.2) is 147 Å². The minimum absolute atomic E-state index is 0.0303. The number of hydrogen-bond acceptors (Lipinski definition) is 13. The highest BCUT2D eigenvalue weighted by Gasteiger charge is 2.32. The van der Waals surface area contributed by atoms with E-state index in [2.05, 4.69) is 171 Å². The van der Waals surface area contributed by atoms with E-state index in [4.69, 9.17) is 4.98 Å². The average molecular weight is 1240 g/mol. The van der Waals surface area contributed by atoms with E-state index in [1.54, 1.807) is 27.4 Å². The second kappa shape index (κ2) is 35.9. The highest BCUT2D eigenvalue weighted by molar-refractivity contribution is 7.32. The Kier molecular flexibility index (Phi) is 27.9. The Balaban J connectivity index is 0.000000296. The molecule has 470 valence electrons. The zero-order valence-corrected chi connectivity index (χ0v) is 53.9. The van der Waals surface area contributed by atoms with Crippen LogP contribution in [0.25, 0.3) is 75.2 Å². The molecular formula is C66H86N12O8S2. The van der Waals surface area contributed by atoms with Crippen LogP contribution in [0.1, 0.15) is 118 Å². The number of fused-ring (bicyclic) bond motifs is 1. The molecule has 0 bridgehead atoms. The molecule has 3 aliphatic heterocycles. The number of imidazole rings is 3. The lowest BCUT2D eigenvalue weighted by molar-refractivity contribution is -0.131. The Hall–Kier alpha value is -8.63. The number of methoxy groups -OCH3 is 2. The number of benzene rings is 3. The molecular weight excluding hydrogens is 1150 g/mol. The van der Waals surface area contributed by atoms with Gasteiger partial charge in [0.05, 0.1) is 73.6 Å². The number of rotatable bonds is 13. The van der Waals surface area contributed by atoms with Gasteiger partial charge < -0.3 is 55.1 Å².